The summed E-state index contributed by atoms with van der Waals surface area (Å²) in [5.41, 5.74) is 0.597. The van der Waals surface area contributed by atoms with E-state index in [1.165, 1.54) is 0 Å². The maximum atomic E-state index is 13.7. The summed E-state index contributed by atoms with van der Waals surface area (Å²) in [4.78, 5) is 44.6. The van der Waals surface area contributed by atoms with E-state index in [1.807, 2.05) is 30.3 Å². The maximum Gasteiger partial charge on any atom is 0.321 e. The van der Waals surface area contributed by atoms with Crippen molar-refractivity contribution in [3.05, 3.63) is 58.6 Å². The van der Waals surface area contributed by atoms with Crippen LogP contribution in [0.5, 0.6) is 0 Å². The van der Waals surface area contributed by atoms with Gasteiger partial charge in [0.05, 0.1) is 17.4 Å². The standard InChI is InChI=1S/C26H31Cl2N5O3/c1-2-3-13-29-23(34)17-32-18-33(20-7-5-4-6-8-20)26(24(32)35)11-14-31(15-12-26)25(36)30-22-10-9-19(27)16-21(22)28/h4-10,16H,2-3,11-15,17-18H2,1H3,(H,29,34)(H,30,36). The quantitative estimate of drug-likeness (QED) is 0.512. The number of carbonyl (C=O) groups excluding carboxylic acids is 3. The summed E-state index contributed by atoms with van der Waals surface area (Å²) < 4.78 is 0. The fraction of sp³-hybridized carbons (Fsp3) is 0.423. The molecule has 36 heavy (non-hydrogen) atoms. The largest absolute Gasteiger partial charge is 0.355 e. The van der Waals surface area contributed by atoms with Crippen LogP contribution in [-0.4, -0.2) is 66.0 Å². The van der Waals surface area contributed by atoms with Gasteiger partial charge in [-0.2, -0.15) is 0 Å². The molecule has 0 aliphatic carbocycles. The molecule has 0 atom stereocenters. The molecule has 192 valence electrons. The first-order valence-electron chi connectivity index (χ1n) is 12.2. The van der Waals surface area contributed by atoms with Crippen molar-refractivity contribution in [1.82, 2.24) is 15.1 Å². The minimum absolute atomic E-state index is 0.0207. The third-order valence-electron chi connectivity index (χ3n) is 6.82. The molecule has 2 saturated heterocycles. The number of anilines is 2. The maximum absolute atomic E-state index is 13.7. The third-order valence-corrected chi connectivity index (χ3v) is 7.37. The van der Waals surface area contributed by atoms with Crippen molar-refractivity contribution in [2.75, 3.05) is 43.1 Å². The number of likely N-dealkylation sites (tertiary alicyclic amines) is 1. The number of halogens is 2. The molecule has 4 rings (SSSR count). The Bertz CT molecular complexity index is 1110. The number of rotatable bonds is 7. The summed E-state index contributed by atoms with van der Waals surface area (Å²) in [5.74, 6) is -0.226. The Kier molecular flexibility index (Phi) is 8.26. The second-order valence-corrected chi connectivity index (χ2v) is 10.0. The minimum atomic E-state index is -0.806. The smallest absolute Gasteiger partial charge is 0.321 e. The molecular weight excluding hydrogens is 501 g/mol. The highest BCUT2D eigenvalue weighted by Gasteiger charge is 2.54. The van der Waals surface area contributed by atoms with E-state index >= 15 is 0 Å². The summed E-state index contributed by atoms with van der Waals surface area (Å²) in [5, 5.41) is 6.58. The monoisotopic (exact) mass is 531 g/mol. The van der Waals surface area contributed by atoms with Crippen LogP contribution < -0.4 is 15.5 Å². The highest BCUT2D eigenvalue weighted by atomic mass is 35.5. The Labute approximate surface area is 221 Å². The normalized spacial score (nSPS) is 17.0. The number of para-hydroxylation sites is 1. The molecule has 2 heterocycles. The molecule has 0 aromatic heterocycles. The molecule has 0 saturated carbocycles. The van der Waals surface area contributed by atoms with Crippen LogP contribution in [0.25, 0.3) is 0 Å². The van der Waals surface area contributed by atoms with Gasteiger partial charge in [0.1, 0.15) is 12.1 Å². The van der Waals surface area contributed by atoms with Crippen molar-refractivity contribution in [2.45, 2.75) is 38.1 Å². The molecule has 2 aromatic carbocycles. The van der Waals surface area contributed by atoms with Gasteiger partial charge in [0.2, 0.25) is 5.91 Å². The lowest BCUT2D eigenvalue weighted by Gasteiger charge is -2.43. The van der Waals surface area contributed by atoms with Crippen LogP contribution in [0.15, 0.2) is 48.5 Å². The third kappa shape index (κ3) is 5.55. The van der Waals surface area contributed by atoms with E-state index in [0.29, 0.717) is 54.9 Å². The molecule has 0 unspecified atom stereocenters. The number of nitrogens with zero attached hydrogens (tertiary/aromatic N) is 3. The summed E-state index contributed by atoms with van der Waals surface area (Å²) in [6.45, 7) is 3.80. The topological polar surface area (TPSA) is 85.0 Å². The van der Waals surface area contributed by atoms with Gasteiger partial charge in [-0.05, 0) is 49.6 Å². The Balaban J connectivity index is 1.47. The van der Waals surface area contributed by atoms with E-state index in [4.69, 9.17) is 23.2 Å². The zero-order valence-corrected chi connectivity index (χ0v) is 21.8. The van der Waals surface area contributed by atoms with Gasteiger partial charge in [-0.3, -0.25) is 9.59 Å². The van der Waals surface area contributed by atoms with Crippen molar-refractivity contribution in [2.24, 2.45) is 0 Å². The predicted octanol–water partition coefficient (Wildman–Crippen LogP) is 4.58. The predicted molar refractivity (Wildman–Crippen MR) is 142 cm³/mol. The van der Waals surface area contributed by atoms with E-state index in [-0.39, 0.29) is 24.4 Å². The fourth-order valence-corrected chi connectivity index (χ4v) is 5.28. The number of nitrogens with one attached hydrogen (secondary N) is 2. The first kappa shape index (κ1) is 26.1. The number of unbranched alkanes of at least 4 members (excludes halogenated alkanes) is 1. The van der Waals surface area contributed by atoms with Crippen molar-refractivity contribution >= 4 is 52.4 Å². The average Bonchev–Trinajstić information content (AvgIpc) is 3.13. The van der Waals surface area contributed by atoms with Crippen LogP contribution in [0.4, 0.5) is 16.2 Å². The lowest BCUT2D eigenvalue weighted by atomic mass is 9.85. The lowest BCUT2D eigenvalue weighted by Crippen LogP contribution is -2.58. The minimum Gasteiger partial charge on any atom is -0.355 e. The summed E-state index contributed by atoms with van der Waals surface area (Å²) in [7, 11) is 0. The lowest BCUT2D eigenvalue weighted by molar-refractivity contribution is -0.137. The highest BCUT2D eigenvalue weighted by Crippen LogP contribution is 2.39. The first-order valence-corrected chi connectivity index (χ1v) is 13.0. The number of amides is 4. The van der Waals surface area contributed by atoms with Crippen molar-refractivity contribution in [3.8, 4) is 0 Å². The zero-order valence-electron chi connectivity index (χ0n) is 20.3. The first-order chi connectivity index (χ1) is 17.3. The molecule has 2 aromatic rings. The summed E-state index contributed by atoms with van der Waals surface area (Å²) in [6, 6.07) is 14.4. The average molecular weight is 532 g/mol. The molecular formula is C26H31Cl2N5O3. The van der Waals surface area contributed by atoms with Gasteiger partial charge in [-0.1, -0.05) is 54.7 Å². The van der Waals surface area contributed by atoms with Crippen LogP contribution in [0, 0.1) is 0 Å². The molecule has 2 N–H and O–H groups in total. The number of hydrogen-bond donors (Lipinski definition) is 2. The molecule has 1 spiro atoms. The zero-order chi connectivity index (χ0) is 25.7. The SMILES string of the molecule is CCCCNC(=O)CN1CN(c2ccccc2)C2(CCN(C(=O)Nc3ccc(Cl)cc3Cl)CC2)C1=O. The van der Waals surface area contributed by atoms with Gasteiger partial charge >= 0.3 is 6.03 Å². The van der Waals surface area contributed by atoms with E-state index in [1.54, 1.807) is 28.0 Å². The van der Waals surface area contributed by atoms with Gasteiger partial charge in [-0.25, -0.2) is 4.79 Å². The summed E-state index contributed by atoms with van der Waals surface area (Å²) >= 11 is 12.2. The van der Waals surface area contributed by atoms with Crippen molar-refractivity contribution in [3.63, 3.8) is 0 Å². The molecule has 4 amide bonds. The van der Waals surface area contributed by atoms with Crippen LogP contribution in [0.1, 0.15) is 32.6 Å². The number of hydrogen-bond acceptors (Lipinski definition) is 4. The van der Waals surface area contributed by atoms with Gasteiger partial charge in [0.15, 0.2) is 0 Å². The highest BCUT2D eigenvalue weighted by molar-refractivity contribution is 6.36. The van der Waals surface area contributed by atoms with Crippen LogP contribution in [0.3, 0.4) is 0 Å². The molecule has 0 radical (unpaired) electrons. The Hall–Kier alpha value is -2.97. The molecule has 8 nitrogen and oxygen atoms in total. The van der Waals surface area contributed by atoms with E-state index < -0.39 is 5.54 Å². The van der Waals surface area contributed by atoms with Crippen LogP contribution in [0.2, 0.25) is 10.0 Å². The molecule has 2 aliphatic rings. The van der Waals surface area contributed by atoms with Gasteiger partial charge in [-0.15, -0.1) is 0 Å². The number of urea groups is 1. The van der Waals surface area contributed by atoms with E-state index in [0.717, 1.165) is 18.5 Å². The number of piperidine rings is 1. The Morgan fingerprint density at radius 1 is 1.06 bits per heavy atom. The molecule has 2 aliphatic heterocycles. The van der Waals surface area contributed by atoms with Crippen molar-refractivity contribution < 1.29 is 14.4 Å². The van der Waals surface area contributed by atoms with Gasteiger partial charge < -0.3 is 25.3 Å². The number of carbonyl (C=O) groups is 3. The molecule has 0 bridgehead atoms. The van der Waals surface area contributed by atoms with E-state index in [9.17, 15) is 14.4 Å². The molecule has 2 fully saturated rings. The van der Waals surface area contributed by atoms with Crippen molar-refractivity contribution in [1.29, 1.82) is 0 Å². The number of benzene rings is 2. The van der Waals surface area contributed by atoms with Crippen LogP contribution >= 0.6 is 23.2 Å². The fourth-order valence-electron chi connectivity index (χ4n) is 4.82. The van der Waals surface area contributed by atoms with Gasteiger partial charge in [0.25, 0.3) is 5.91 Å². The second kappa shape index (κ2) is 11.4. The van der Waals surface area contributed by atoms with Crippen LogP contribution in [-0.2, 0) is 9.59 Å². The summed E-state index contributed by atoms with van der Waals surface area (Å²) in [6.07, 6.45) is 2.80. The van der Waals surface area contributed by atoms with E-state index in [2.05, 4.69) is 22.5 Å². The Morgan fingerprint density at radius 3 is 2.44 bits per heavy atom. The molecule has 10 heteroatoms. The van der Waals surface area contributed by atoms with Gasteiger partial charge in [0, 0.05) is 30.3 Å². The Morgan fingerprint density at radius 2 is 1.78 bits per heavy atom. The second-order valence-electron chi connectivity index (χ2n) is 9.18.